The molecule has 0 aliphatic rings. The zero-order valence-electron chi connectivity index (χ0n) is 11.9. The topological polar surface area (TPSA) is 89.3 Å². The van der Waals surface area contributed by atoms with Crippen LogP contribution in [0.2, 0.25) is 0 Å². The zero-order valence-corrected chi connectivity index (χ0v) is 12.7. The average molecular weight is 288 g/mol. The summed E-state index contributed by atoms with van der Waals surface area (Å²) in [5, 5.41) is 5.15. The van der Waals surface area contributed by atoms with Gasteiger partial charge in [-0.25, -0.2) is 8.42 Å². The molecule has 6 nitrogen and oxygen atoms in total. The zero-order chi connectivity index (χ0) is 14.8. The number of hydrogen-bond acceptors (Lipinski definition) is 5. The first kappa shape index (κ1) is 15.7. The molecule has 1 unspecified atom stereocenters. The van der Waals surface area contributed by atoms with Crippen molar-refractivity contribution in [3.63, 3.8) is 0 Å². The van der Waals surface area contributed by atoms with Gasteiger partial charge in [0.15, 0.2) is 15.6 Å². The number of nitrogens with zero attached hydrogens (tertiary/aromatic N) is 1. The van der Waals surface area contributed by atoms with Crippen molar-refractivity contribution in [1.82, 2.24) is 10.5 Å². The van der Waals surface area contributed by atoms with Crippen molar-refractivity contribution in [2.75, 3.05) is 0 Å². The minimum absolute atomic E-state index is 0.243. The molecule has 1 aromatic rings. The van der Waals surface area contributed by atoms with E-state index < -0.39 is 26.5 Å². The number of amides is 1. The van der Waals surface area contributed by atoms with Gasteiger partial charge < -0.3 is 9.84 Å². The van der Waals surface area contributed by atoms with E-state index in [0.717, 1.165) is 0 Å². The Labute approximate surface area is 113 Å². The summed E-state index contributed by atoms with van der Waals surface area (Å²) >= 11 is 0. The first-order chi connectivity index (χ1) is 8.51. The Morgan fingerprint density at radius 2 is 2.05 bits per heavy atom. The third-order valence-electron chi connectivity index (χ3n) is 2.43. The number of rotatable bonds is 4. The van der Waals surface area contributed by atoms with E-state index >= 15 is 0 Å². The van der Waals surface area contributed by atoms with Gasteiger partial charge >= 0.3 is 0 Å². The van der Waals surface area contributed by atoms with Gasteiger partial charge in [0, 0.05) is 11.6 Å². The van der Waals surface area contributed by atoms with E-state index in [4.69, 9.17) is 4.52 Å². The van der Waals surface area contributed by atoms with Crippen LogP contribution < -0.4 is 5.32 Å². The van der Waals surface area contributed by atoms with Gasteiger partial charge in [-0.05, 0) is 34.6 Å². The normalized spacial score (nSPS) is 14.2. The second kappa shape index (κ2) is 5.32. The van der Waals surface area contributed by atoms with E-state index in [1.807, 2.05) is 0 Å². The number of nitrogens with one attached hydrogen (secondary N) is 1. The average Bonchev–Trinajstić information content (AvgIpc) is 2.59. The van der Waals surface area contributed by atoms with E-state index in [1.165, 1.54) is 6.92 Å². The van der Waals surface area contributed by atoms with Crippen LogP contribution in [0.15, 0.2) is 10.6 Å². The number of hydrogen-bond donors (Lipinski definition) is 1. The second-order valence-electron chi connectivity index (χ2n) is 5.62. The van der Waals surface area contributed by atoms with Crippen LogP contribution in [0.4, 0.5) is 0 Å². The molecule has 0 radical (unpaired) electrons. The standard InChI is InChI=1S/C12H20N2O4S/c1-8-6-10(18-14-8)7-19(16,17)9(2)11(15)13-12(3,4)5/h6,9H,7H2,1-5H3,(H,13,15). The maximum Gasteiger partial charge on any atom is 0.238 e. The largest absolute Gasteiger partial charge is 0.360 e. The van der Waals surface area contributed by atoms with Crippen LogP contribution in [0, 0.1) is 6.92 Å². The van der Waals surface area contributed by atoms with Crippen LogP contribution in [0.3, 0.4) is 0 Å². The smallest absolute Gasteiger partial charge is 0.238 e. The summed E-state index contributed by atoms with van der Waals surface area (Å²) in [6.45, 7) is 8.47. The highest BCUT2D eigenvalue weighted by Gasteiger charge is 2.31. The molecule has 0 fully saturated rings. The first-order valence-electron chi connectivity index (χ1n) is 5.97. The molecule has 0 spiro atoms. The minimum atomic E-state index is -3.62. The molecule has 0 aromatic carbocycles. The van der Waals surface area contributed by atoms with Crippen LogP contribution in [0.1, 0.15) is 39.1 Å². The molecule has 1 heterocycles. The third-order valence-corrected chi connectivity index (χ3v) is 4.40. The summed E-state index contributed by atoms with van der Waals surface area (Å²) in [5.41, 5.74) is 0.140. The van der Waals surface area contributed by atoms with Gasteiger partial charge in [-0.15, -0.1) is 0 Å². The predicted molar refractivity (Wildman–Crippen MR) is 71.2 cm³/mol. The lowest BCUT2D eigenvalue weighted by molar-refractivity contribution is -0.121. The van der Waals surface area contributed by atoms with Crippen LogP contribution in [-0.4, -0.2) is 30.3 Å². The molecule has 0 aliphatic heterocycles. The Hall–Kier alpha value is -1.37. The lowest BCUT2D eigenvalue weighted by atomic mass is 10.1. The molecule has 0 bridgehead atoms. The van der Waals surface area contributed by atoms with Gasteiger partial charge in [0.25, 0.3) is 0 Å². The summed E-state index contributed by atoms with van der Waals surface area (Å²) in [6.07, 6.45) is 0. The van der Waals surface area contributed by atoms with Crippen LogP contribution in [0.5, 0.6) is 0 Å². The molecule has 1 atom stereocenters. The minimum Gasteiger partial charge on any atom is -0.360 e. The lowest BCUT2D eigenvalue weighted by Gasteiger charge is -2.23. The van der Waals surface area contributed by atoms with Gasteiger partial charge in [0.2, 0.25) is 5.91 Å². The molecule has 1 rings (SSSR count). The third kappa shape index (κ3) is 4.66. The molecule has 19 heavy (non-hydrogen) atoms. The fourth-order valence-corrected chi connectivity index (χ4v) is 2.61. The van der Waals surface area contributed by atoms with E-state index in [1.54, 1.807) is 33.8 Å². The SMILES string of the molecule is Cc1cc(CS(=O)(=O)C(C)C(=O)NC(C)(C)C)on1. The Morgan fingerprint density at radius 3 is 2.47 bits per heavy atom. The number of aryl methyl sites for hydroxylation is 1. The van der Waals surface area contributed by atoms with E-state index in [-0.39, 0.29) is 11.5 Å². The molecule has 0 saturated carbocycles. The van der Waals surface area contributed by atoms with Crippen molar-refractivity contribution in [3.05, 3.63) is 17.5 Å². The van der Waals surface area contributed by atoms with Crippen molar-refractivity contribution in [3.8, 4) is 0 Å². The molecular weight excluding hydrogens is 268 g/mol. The summed E-state index contributed by atoms with van der Waals surface area (Å²) in [5.74, 6) is -0.594. The van der Waals surface area contributed by atoms with E-state index in [2.05, 4.69) is 10.5 Å². The number of sulfone groups is 1. The molecule has 1 N–H and O–H groups in total. The van der Waals surface area contributed by atoms with Gasteiger partial charge in [-0.1, -0.05) is 5.16 Å². The van der Waals surface area contributed by atoms with Gasteiger partial charge in [-0.3, -0.25) is 4.79 Å². The van der Waals surface area contributed by atoms with Crippen molar-refractivity contribution in [1.29, 1.82) is 0 Å². The van der Waals surface area contributed by atoms with Crippen LogP contribution in [0.25, 0.3) is 0 Å². The van der Waals surface area contributed by atoms with E-state index in [0.29, 0.717) is 5.69 Å². The maximum atomic E-state index is 12.1. The Kier molecular flexibility index (Phi) is 4.39. The van der Waals surface area contributed by atoms with Gasteiger partial charge in [0.05, 0.1) is 5.69 Å². The highest BCUT2D eigenvalue weighted by atomic mass is 32.2. The van der Waals surface area contributed by atoms with Crippen molar-refractivity contribution in [2.45, 2.75) is 51.2 Å². The first-order valence-corrected chi connectivity index (χ1v) is 7.68. The van der Waals surface area contributed by atoms with Gasteiger partial charge in [-0.2, -0.15) is 0 Å². The molecule has 1 amide bonds. The van der Waals surface area contributed by atoms with E-state index in [9.17, 15) is 13.2 Å². The molecule has 108 valence electrons. The summed E-state index contributed by atoms with van der Waals surface area (Å²) < 4.78 is 29.0. The molecular formula is C12H20N2O4S. The molecule has 1 aromatic heterocycles. The fourth-order valence-electron chi connectivity index (χ4n) is 1.44. The lowest BCUT2D eigenvalue weighted by Crippen LogP contribution is -2.47. The maximum absolute atomic E-state index is 12.1. The Bertz CT molecular complexity index is 555. The van der Waals surface area contributed by atoms with Crippen LogP contribution >= 0.6 is 0 Å². The van der Waals surface area contributed by atoms with Crippen LogP contribution in [-0.2, 0) is 20.4 Å². The second-order valence-corrected chi connectivity index (χ2v) is 7.94. The summed E-state index contributed by atoms with van der Waals surface area (Å²) in [4.78, 5) is 11.9. The monoisotopic (exact) mass is 288 g/mol. The van der Waals surface area contributed by atoms with Crippen molar-refractivity contribution < 1.29 is 17.7 Å². The number of aromatic nitrogens is 1. The highest BCUT2D eigenvalue weighted by Crippen LogP contribution is 2.13. The fraction of sp³-hybridized carbons (Fsp3) is 0.667. The molecule has 0 aliphatic carbocycles. The summed E-state index contributed by atoms with van der Waals surface area (Å²) in [6, 6.07) is 1.55. The molecule has 7 heteroatoms. The molecule has 0 saturated heterocycles. The van der Waals surface area contributed by atoms with Crippen molar-refractivity contribution >= 4 is 15.7 Å². The quantitative estimate of drug-likeness (QED) is 0.899. The Balaban J connectivity index is 2.79. The number of carbonyl (C=O) groups is 1. The summed E-state index contributed by atoms with van der Waals surface area (Å²) in [7, 11) is -3.62. The highest BCUT2D eigenvalue weighted by molar-refractivity contribution is 7.92. The van der Waals surface area contributed by atoms with Gasteiger partial charge in [0.1, 0.15) is 11.0 Å². The Morgan fingerprint density at radius 1 is 1.47 bits per heavy atom. The predicted octanol–water partition coefficient (Wildman–Crippen LogP) is 1.20. The number of carbonyl (C=O) groups excluding carboxylic acids is 1. The van der Waals surface area contributed by atoms with Crippen molar-refractivity contribution in [2.24, 2.45) is 0 Å².